The van der Waals surface area contributed by atoms with Crippen LogP contribution < -0.4 is 10.5 Å². The first-order valence-electron chi connectivity index (χ1n) is 11.3. The minimum Gasteiger partial charge on any atom is -0.439 e. The number of nitrogens with two attached hydrogens (primary N) is 1. The van der Waals surface area contributed by atoms with Gasteiger partial charge in [0.05, 0.1) is 16.5 Å². The fourth-order valence-corrected chi connectivity index (χ4v) is 4.50. The topological polar surface area (TPSA) is 112 Å². The van der Waals surface area contributed by atoms with Crippen LogP contribution in [0.2, 0.25) is 5.02 Å². The Morgan fingerprint density at radius 2 is 1.97 bits per heavy atom. The Morgan fingerprint density at radius 3 is 2.69 bits per heavy atom. The van der Waals surface area contributed by atoms with Crippen molar-refractivity contribution in [3.63, 3.8) is 0 Å². The van der Waals surface area contributed by atoms with Gasteiger partial charge in [-0.2, -0.15) is 5.10 Å². The van der Waals surface area contributed by atoms with E-state index in [4.69, 9.17) is 27.2 Å². The van der Waals surface area contributed by atoms with Crippen LogP contribution in [0.3, 0.4) is 0 Å². The van der Waals surface area contributed by atoms with E-state index < -0.39 is 0 Å². The van der Waals surface area contributed by atoms with Crippen LogP contribution in [0.1, 0.15) is 25.8 Å². The van der Waals surface area contributed by atoms with Gasteiger partial charge >= 0.3 is 0 Å². The van der Waals surface area contributed by atoms with Crippen LogP contribution in [0, 0.1) is 0 Å². The summed E-state index contributed by atoms with van der Waals surface area (Å²) in [4.78, 5) is 27.1. The number of fused-ring (bicyclic) bond motifs is 1. The summed E-state index contributed by atoms with van der Waals surface area (Å²) in [7, 11) is 0. The predicted octanol–water partition coefficient (Wildman–Crippen LogP) is 4.65. The third-order valence-corrected chi connectivity index (χ3v) is 6.45. The van der Waals surface area contributed by atoms with E-state index in [1.165, 1.54) is 18.6 Å². The number of amides is 1. The molecule has 3 aromatic heterocycles. The molecular weight excluding hydrogens is 466 g/mol. The Balaban J connectivity index is 1.49. The van der Waals surface area contributed by atoms with E-state index in [2.05, 4.69) is 21.5 Å². The summed E-state index contributed by atoms with van der Waals surface area (Å²) in [6, 6.07) is 11.0. The van der Waals surface area contributed by atoms with E-state index >= 15 is 0 Å². The number of rotatable bonds is 5. The monoisotopic (exact) mass is 489 g/mol. The number of ether oxygens (including phenoxy) is 1. The van der Waals surface area contributed by atoms with Gasteiger partial charge in [-0.1, -0.05) is 18.2 Å². The number of hydrogen-bond donors (Lipinski definition) is 1. The summed E-state index contributed by atoms with van der Waals surface area (Å²) >= 11 is 5.89. The number of anilines is 1. The highest BCUT2D eigenvalue weighted by Crippen LogP contribution is 2.35. The van der Waals surface area contributed by atoms with Crippen LogP contribution in [-0.2, 0) is 4.79 Å². The molecule has 35 heavy (non-hydrogen) atoms. The molecule has 2 N–H and O–H groups in total. The normalized spacial score (nSPS) is 17.9. The molecule has 0 aliphatic carbocycles. The van der Waals surface area contributed by atoms with Gasteiger partial charge < -0.3 is 15.4 Å². The van der Waals surface area contributed by atoms with Gasteiger partial charge in [0.25, 0.3) is 0 Å². The Kier molecular flexibility index (Phi) is 6.08. The summed E-state index contributed by atoms with van der Waals surface area (Å²) in [5.41, 5.74) is 8.43. The number of nitrogen functional groups attached to an aromatic ring is 1. The smallest absolute Gasteiger partial charge is 0.246 e. The van der Waals surface area contributed by atoms with Crippen molar-refractivity contribution in [2.45, 2.75) is 31.8 Å². The molecule has 0 spiro atoms. The minimum atomic E-state index is -0.0845. The highest BCUT2D eigenvalue weighted by atomic mass is 35.5. The molecule has 0 saturated carbocycles. The average Bonchev–Trinajstić information content (AvgIpc) is 3.27. The summed E-state index contributed by atoms with van der Waals surface area (Å²) in [6.45, 7) is 6.21. The lowest BCUT2D eigenvalue weighted by atomic mass is 9.99. The molecule has 4 heterocycles. The lowest BCUT2D eigenvalue weighted by molar-refractivity contribution is -0.130. The van der Waals surface area contributed by atoms with Gasteiger partial charge in [-0.3, -0.25) is 4.79 Å². The van der Waals surface area contributed by atoms with Crippen LogP contribution in [0.5, 0.6) is 11.6 Å². The maximum Gasteiger partial charge on any atom is 0.246 e. The summed E-state index contributed by atoms with van der Waals surface area (Å²) < 4.78 is 7.68. The van der Waals surface area contributed by atoms with E-state index in [-0.39, 0.29) is 18.0 Å². The number of nitrogens with zero attached hydrogens (tertiary/aromatic N) is 6. The lowest BCUT2D eigenvalue weighted by Crippen LogP contribution is -2.45. The molecule has 178 valence electrons. The highest BCUT2D eigenvalue weighted by molar-refractivity contribution is 6.30. The quantitative estimate of drug-likeness (QED) is 0.406. The number of carbonyl (C=O) groups is 1. The zero-order valence-corrected chi connectivity index (χ0v) is 19.9. The largest absolute Gasteiger partial charge is 0.439 e. The van der Waals surface area contributed by atoms with Gasteiger partial charge in [-0.05, 0) is 56.2 Å². The van der Waals surface area contributed by atoms with Gasteiger partial charge in [0.1, 0.15) is 23.6 Å². The Hall–Kier alpha value is -3.98. The standard InChI is InChI=1S/C25H24ClN7O2/c1-3-21(34)32-13-18(8-4-15(32)2)33-25-22(24(27)29-14-30-25)23(31-33)16-5-9-19(10-6-16)35-20-11-7-17(26)12-28-20/h3,5-7,9-12,14-15,18H,1,4,8,13H2,2H3,(H2,27,29,30)/t15-,18+/m0/s1. The van der Waals surface area contributed by atoms with E-state index in [0.717, 1.165) is 18.4 Å². The summed E-state index contributed by atoms with van der Waals surface area (Å²) in [6.07, 6.45) is 6.04. The molecular formula is C25H24ClN7O2. The molecule has 1 aromatic carbocycles. The van der Waals surface area contributed by atoms with Crippen molar-refractivity contribution in [1.82, 2.24) is 29.6 Å². The second-order valence-electron chi connectivity index (χ2n) is 8.47. The molecule has 1 saturated heterocycles. The fraction of sp³-hybridized carbons (Fsp3) is 0.240. The van der Waals surface area contributed by atoms with Crippen LogP contribution >= 0.6 is 11.6 Å². The van der Waals surface area contributed by atoms with Gasteiger partial charge in [-0.15, -0.1) is 0 Å². The zero-order chi connectivity index (χ0) is 24.5. The number of aromatic nitrogens is 5. The highest BCUT2D eigenvalue weighted by Gasteiger charge is 2.31. The molecule has 5 rings (SSSR count). The molecule has 1 amide bonds. The molecule has 0 radical (unpaired) electrons. The number of halogens is 1. The maximum atomic E-state index is 12.4. The van der Waals surface area contributed by atoms with Crippen molar-refractivity contribution in [3.05, 3.63) is 66.6 Å². The molecule has 9 nitrogen and oxygen atoms in total. The van der Waals surface area contributed by atoms with Gasteiger partial charge in [0.15, 0.2) is 5.65 Å². The number of pyridine rings is 1. The first-order valence-corrected chi connectivity index (χ1v) is 11.6. The second kappa shape index (κ2) is 9.34. The number of likely N-dealkylation sites (tertiary alicyclic amines) is 1. The van der Waals surface area contributed by atoms with Gasteiger partial charge in [-0.25, -0.2) is 19.6 Å². The van der Waals surface area contributed by atoms with Crippen molar-refractivity contribution in [1.29, 1.82) is 0 Å². The fourth-order valence-electron chi connectivity index (χ4n) is 4.39. The molecule has 1 aliphatic rings. The predicted molar refractivity (Wildman–Crippen MR) is 134 cm³/mol. The first kappa shape index (κ1) is 22.8. The van der Waals surface area contributed by atoms with Crippen molar-refractivity contribution in [2.24, 2.45) is 0 Å². The van der Waals surface area contributed by atoms with Gasteiger partial charge in [0.2, 0.25) is 11.8 Å². The minimum absolute atomic E-state index is 0.0424. The second-order valence-corrected chi connectivity index (χ2v) is 8.90. The number of carbonyl (C=O) groups excluding carboxylic acids is 1. The average molecular weight is 490 g/mol. The summed E-state index contributed by atoms with van der Waals surface area (Å²) in [5.74, 6) is 1.33. The van der Waals surface area contributed by atoms with Crippen LogP contribution in [-0.4, -0.2) is 48.1 Å². The van der Waals surface area contributed by atoms with Crippen molar-refractivity contribution in [3.8, 4) is 22.9 Å². The molecule has 0 unspecified atom stereocenters. The Bertz CT molecular complexity index is 1390. The Morgan fingerprint density at radius 1 is 1.17 bits per heavy atom. The third-order valence-electron chi connectivity index (χ3n) is 6.23. The molecule has 10 heteroatoms. The number of hydrogen-bond acceptors (Lipinski definition) is 7. The molecule has 2 atom stereocenters. The van der Waals surface area contributed by atoms with Gasteiger partial charge in [0, 0.05) is 30.4 Å². The van der Waals surface area contributed by atoms with E-state index in [1.807, 2.05) is 40.8 Å². The Labute approximate surface area is 207 Å². The van der Waals surface area contributed by atoms with Crippen molar-refractivity contribution >= 4 is 34.4 Å². The van der Waals surface area contributed by atoms with Crippen LogP contribution in [0.25, 0.3) is 22.3 Å². The zero-order valence-electron chi connectivity index (χ0n) is 19.1. The lowest BCUT2D eigenvalue weighted by Gasteiger charge is -2.37. The maximum absolute atomic E-state index is 12.4. The van der Waals surface area contributed by atoms with Crippen LogP contribution in [0.15, 0.2) is 61.6 Å². The molecule has 1 aliphatic heterocycles. The molecule has 4 aromatic rings. The molecule has 1 fully saturated rings. The number of benzene rings is 1. The van der Waals surface area contributed by atoms with E-state index in [9.17, 15) is 4.79 Å². The van der Waals surface area contributed by atoms with Crippen LogP contribution in [0.4, 0.5) is 5.82 Å². The summed E-state index contributed by atoms with van der Waals surface area (Å²) in [5, 5.41) is 6.14. The van der Waals surface area contributed by atoms with Crippen molar-refractivity contribution < 1.29 is 9.53 Å². The third kappa shape index (κ3) is 4.42. The SMILES string of the molecule is C=CC(=O)N1C[C@H](n2nc(-c3ccc(Oc4ccc(Cl)cn4)cc3)c3c(N)ncnc32)CC[C@@H]1C. The number of piperidine rings is 1. The van der Waals surface area contributed by atoms with Crippen molar-refractivity contribution in [2.75, 3.05) is 12.3 Å². The van der Waals surface area contributed by atoms with E-state index in [1.54, 1.807) is 12.1 Å². The first-order chi connectivity index (χ1) is 16.9. The molecule has 0 bridgehead atoms. The van der Waals surface area contributed by atoms with E-state index in [0.29, 0.717) is 45.7 Å².